The van der Waals surface area contributed by atoms with Crippen molar-refractivity contribution in [1.29, 1.82) is 0 Å². The molecule has 4 heterocycles. The monoisotopic (exact) mass is 1300 g/mol. The van der Waals surface area contributed by atoms with Crippen molar-refractivity contribution < 1.29 is 54.7 Å². The minimum atomic E-state index is -0.412. The van der Waals surface area contributed by atoms with Crippen LogP contribution in [0.3, 0.4) is 0 Å². The summed E-state index contributed by atoms with van der Waals surface area (Å²) in [6.45, 7) is 35.0. The number of aromatic nitrogens is 2. The van der Waals surface area contributed by atoms with Crippen LogP contribution in [0.25, 0.3) is 75.9 Å². The first-order valence-corrected chi connectivity index (χ1v) is 31.9. The van der Waals surface area contributed by atoms with Gasteiger partial charge in [0.05, 0.1) is 33.2 Å². The number of hydrogen-bond donors (Lipinski definition) is 2. The van der Waals surface area contributed by atoms with E-state index in [0.717, 1.165) is 54.7 Å². The predicted octanol–water partition coefficient (Wildman–Crippen LogP) is 21.9. The average Bonchev–Trinajstić information content (AvgIpc) is 1.69. The molecule has 4 aromatic heterocycles. The van der Waals surface area contributed by atoms with Crippen LogP contribution in [0.1, 0.15) is 129 Å². The molecule has 0 bridgehead atoms. The van der Waals surface area contributed by atoms with Crippen molar-refractivity contribution in [2.24, 2.45) is 0 Å². The molecule has 0 saturated heterocycles. The van der Waals surface area contributed by atoms with Crippen LogP contribution in [-0.4, -0.2) is 42.0 Å². The van der Waals surface area contributed by atoms with E-state index in [4.69, 9.17) is 9.47 Å². The SMILES string of the molecule is CC(C)(C)c1ccc2c(c1)c1cc(C(C)(C)C)ccc1n2-c1scc(-c2cc(F)ccc2[OH+]CCCC[OH+]c2ccc(F)cc2-c2csc(-n3c4ccc(C(C)(C)C)cc4c4cc(C(C)(C)C)ccc43)c2O)c1O.[CH2-]c1ccccc1.[CH2-]c1ccccc1.[Zr]. The number of ether oxygens (including phenoxy) is 2. The minimum Gasteiger partial charge on any atom is -0.582 e. The van der Waals surface area contributed by atoms with Crippen molar-refractivity contribution in [3.05, 3.63) is 239 Å². The van der Waals surface area contributed by atoms with E-state index in [9.17, 15) is 10.2 Å². The van der Waals surface area contributed by atoms with Gasteiger partial charge in [0.15, 0.2) is 24.7 Å². The van der Waals surface area contributed by atoms with Crippen LogP contribution in [0.5, 0.6) is 23.0 Å². The van der Waals surface area contributed by atoms with E-state index < -0.39 is 11.6 Å². The molecule has 0 fully saturated rings. The van der Waals surface area contributed by atoms with Crippen LogP contribution in [-0.2, 0) is 47.9 Å². The van der Waals surface area contributed by atoms with Gasteiger partial charge in [-0.3, -0.25) is 9.13 Å². The maximum absolute atomic E-state index is 15.1. The molecule has 89 heavy (non-hydrogen) atoms. The third kappa shape index (κ3) is 14.4. The molecule has 12 rings (SSSR count). The van der Waals surface area contributed by atoms with Gasteiger partial charge >= 0.3 is 0 Å². The van der Waals surface area contributed by atoms with Gasteiger partial charge in [0.25, 0.3) is 11.5 Å². The number of nitrogens with zero attached hydrogens (tertiary/aromatic N) is 2. The Morgan fingerprint density at radius 1 is 0.393 bits per heavy atom. The van der Waals surface area contributed by atoms with Gasteiger partial charge in [-0.2, -0.15) is 49.2 Å². The van der Waals surface area contributed by atoms with Gasteiger partial charge in [0, 0.05) is 94.6 Å². The molecule has 0 aliphatic rings. The van der Waals surface area contributed by atoms with Crippen molar-refractivity contribution in [3.8, 4) is 55.3 Å². The molecule has 458 valence electrons. The Hall–Kier alpha value is -7.56. The first-order chi connectivity index (χ1) is 41.7. The summed E-state index contributed by atoms with van der Waals surface area (Å²) in [5.41, 5.74) is 12.9. The third-order valence-electron chi connectivity index (χ3n) is 16.2. The molecule has 0 aliphatic heterocycles. The molecule has 8 aromatic carbocycles. The van der Waals surface area contributed by atoms with Crippen molar-refractivity contribution in [3.63, 3.8) is 0 Å². The van der Waals surface area contributed by atoms with E-state index in [1.807, 2.05) is 71.4 Å². The zero-order valence-electron chi connectivity index (χ0n) is 53.3. The molecule has 0 aliphatic carbocycles. The molecular weight excluding hydrogens is 1220 g/mol. The van der Waals surface area contributed by atoms with Gasteiger partial charge in [-0.15, -0.1) is 46.9 Å². The quantitative estimate of drug-likeness (QED) is 0.0769. The van der Waals surface area contributed by atoms with Crippen LogP contribution in [0.2, 0.25) is 0 Å². The Balaban J connectivity index is 0.000000553. The predicted molar refractivity (Wildman–Crippen MR) is 370 cm³/mol. The Bertz CT molecular complexity index is 4030. The fourth-order valence-electron chi connectivity index (χ4n) is 11.0. The van der Waals surface area contributed by atoms with E-state index in [1.54, 1.807) is 12.1 Å². The number of halogens is 2. The number of rotatable bonds is 11. The summed E-state index contributed by atoms with van der Waals surface area (Å²) >= 11 is 2.85. The van der Waals surface area contributed by atoms with E-state index in [1.165, 1.54) is 69.2 Å². The number of aliphatic hydroxyl groups is 2. The Labute approximate surface area is 551 Å². The summed E-state index contributed by atoms with van der Waals surface area (Å²) in [5.74, 6) is 0.508. The molecule has 0 unspecified atom stereocenters. The first kappa shape index (κ1) is 65.9. The standard InChI is InChI=1S/C64H66F2N2O4S2.2C7H7.Zr/c1-61(2,3)37-15-21-51-43(29-37)44-30-38(62(4,5)6)16-22-52(44)67(51)59-57(69)49(35-73-59)47-33-41(65)19-25-55(47)71-27-13-14-28-72-56-26-20-42(66)34-48(56)50-36-74-60(58(50)70)68-53-23-17-39(63(7,8)9)31-45(53)46-32-40(64(10,11)12)18-24-54(46)68;2*1-7-5-3-2-4-6-7;/h15-26,29-36,69-70H,13-14,27-28H2,1-12H3;2*2-6H,1H2;/q;2*-1;/p+2. The summed E-state index contributed by atoms with van der Waals surface area (Å²) < 4.78 is 44.3. The fourth-order valence-corrected chi connectivity index (χ4v) is 13.0. The number of hydrogen-bond acceptors (Lipinski definition) is 4. The second-order valence-electron chi connectivity index (χ2n) is 27.0. The number of aromatic hydroxyl groups is 4. The molecular formula is C78H82F2N2O4S2Zr. The third-order valence-corrected chi connectivity index (χ3v) is 18.1. The van der Waals surface area contributed by atoms with Gasteiger partial charge in [-0.05, 0) is 117 Å². The van der Waals surface area contributed by atoms with E-state index >= 15 is 8.78 Å². The van der Waals surface area contributed by atoms with Crippen molar-refractivity contribution in [2.45, 2.75) is 118 Å². The topological polar surface area (TPSA) is 75.9 Å². The number of unbranched alkanes of at least 4 members (excludes halogenated alkanes) is 1. The van der Waals surface area contributed by atoms with Crippen LogP contribution in [0.15, 0.2) is 181 Å². The Morgan fingerprint density at radius 2 is 0.685 bits per heavy atom. The van der Waals surface area contributed by atoms with Crippen LogP contribution >= 0.6 is 22.7 Å². The normalized spacial score (nSPS) is 12.0. The molecule has 0 amide bonds. The van der Waals surface area contributed by atoms with Gasteiger partial charge in [-0.25, -0.2) is 8.78 Å². The smallest absolute Gasteiger partial charge is 0.262 e. The Morgan fingerprint density at radius 3 is 0.944 bits per heavy atom. The maximum Gasteiger partial charge on any atom is 0.262 e. The number of thiophene rings is 2. The van der Waals surface area contributed by atoms with E-state index in [-0.39, 0.29) is 59.4 Å². The van der Waals surface area contributed by atoms with Gasteiger partial charge in [0.2, 0.25) is 0 Å². The molecule has 11 heteroatoms. The fraction of sp³-hybridized carbons (Fsp3) is 0.256. The molecule has 4 N–H and O–H groups in total. The van der Waals surface area contributed by atoms with Gasteiger partial charge < -0.3 is 19.7 Å². The van der Waals surface area contributed by atoms with Gasteiger partial charge in [0.1, 0.15) is 21.6 Å². The second-order valence-corrected chi connectivity index (χ2v) is 28.7. The number of benzene rings is 8. The zero-order chi connectivity index (χ0) is 63.0. The largest absolute Gasteiger partial charge is 0.582 e. The van der Waals surface area contributed by atoms with Gasteiger partial charge in [-0.1, -0.05) is 119 Å². The summed E-state index contributed by atoms with van der Waals surface area (Å²) in [5, 5.41) is 33.8. The summed E-state index contributed by atoms with van der Waals surface area (Å²) in [4.78, 5) is 0. The second kappa shape index (κ2) is 26.5. The first-order valence-electron chi connectivity index (χ1n) is 30.2. The van der Waals surface area contributed by atoms with Crippen LogP contribution in [0, 0.1) is 25.5 Å². The van der Waals surface area contributed by atoms with E-state index in [0.29, 0.717) is 69.8 Å². The summed E-state index contributed by atoms with van der Waals surface area (Å²) in [6, 6.07) is 55.2. The average molecular weight is 1300 g/mol. The maximum atomic E-state index is 15.1. The van der Waals surface area contributed by atoms with Crippen LogP contribution in [0.4, 0.5) is 8.78 Å². The van der Waals surface area contributed by atoms with Crippen molar-refractivity contribution >= 4 is 66.3 Å². The Kier molecular flexibility index (Phi) is 19.6. The molecule has 0 atom stereocenters. The molecule has 0 saturated carbocycles. The summed E-state index contributed by atoms with van der Waals surface area (Å²) in [6.07, 6.45) is 1.36. The van der Waals surface area contributed by atoms with Crippen LogP contribution < -0.4 is 0 Å². The van der Waals surface area contributed by atoms with E-state index in [2.05, 4.69) is 179 Å². The molecule has 0 radical (unpaired) electrons. The minimum absolute atomic E-state index is 0. The number of fused-ring (bicyclic) bond motifs is 6. The zero-order valence-corrected chi connectivity index (χ0v) is 57.4. The molecule has 6 nitrogen and oxygen atoms in total. The molecule has 0 spiro atoms. The van der Waals surface area contributed by atoms with Crippen molar-refractivity contribution in [1.82, 2.24) is 9.13 Å². The molecule has 12 aromatic rings. The van der Waals surface area contributed by atoms with Crippen molar-refractivity contribution in [2.75, 3.05) is 13.2 Å². The summed E-state index contributed by atoms with van der Waals surface area (Å²) in [7, 11) is 0.